The van der Waals surface area contributed by atoms with Gasteiger partial charge in [0.15, 0.2) is 6.29 Å². The van der Waals surface area contributed by atoms with Gasteiger partial charge in [0.05, 0.1) is 0 Å². The Hall–Kier alpha value is 0.140. The van der Waals surface area contributed by atoms with Gasteiger partial charge in [0.25, 0.3) is 0 Å². The largest absolute Gasteiger partial charge is 0.368 e. The zero-order valence-corrected chi connectivity index (χ0v) is 11.9. The van der Waals surface area contributed by atoms with Crippen molar-refractivity contribution in [1.82, 2.24) is 4.90 Å². The second-order valence-corrected chi connectivity index (χ2v) is 7.37. The van der Waals surface area contributed by atoms with Crippen molar-refractivity contribution in [2.24, 2.45) is 5.73 Å². The molecule has 0 heterocycles. The average Bonchev–Trinajstić information content (AvgIpc) is 2.10. The van der Waals surface area contributed by atoms with Gasteiger partial charge in [-0.15, -0.1) is 0 Å². The van der Waals surface area contributed by atoms with Crippen molar-refractivity contribution in [2.75, 3.05) is 19.1 Å². The van der Waals surface area contributed by atoms with Crippen LogP contribution in [0.5, 0.6) is 0 Å². The molecule has 12 heteroatoms. The number of aliphatic hydroxyl groups excluding tert-OH is 1. The van der Waals surface area contributed by atoms with Gasteiger partial charge in [-0.2, -0.15) is 0 Å². The number of hydrogen-bond donors (Lipinski definition) is 7. The molecule has 0 bridgehead atoms. The fourth-order valence-electron chi connectivity index (χ4n) is 1.63. The van der Waals surface area contributed by atoms with Gasteiger partial charge in [0.1, 0.15) is 12.6 Å². The van der Waals surface area contributed by atoms with E-state index in [0.717, 1.165) is 4.90 Å². The van der Waals surface area contributed by atoms with Gasteiger partial charge in [-0.3, -0.25) is 14.0 Å². The van der Waals surface area contributed by atoms with Crippen molar-refractivity contribution in [3.63, 3.8) is 0 Å². The highest BCUT2D eigenvalue weighted by molar-refractivity contribution is 7.52. The molecule has 0 aliphatic carbocycles. The lowest BCUT2D eigenvalue weighted by Gasteiger charge is -2.32. The monoisotopic (exact) mass is 322 g/mol. The summed E-state index contributed by atoms with van der Waals surface area (Å²) >= 11 is 0. The Labute approximate surface area is 110 Å². The summed E-state index contributed by atoms with van der Waals surface area (Å²) in [5.41, 5.74) is 5.29. The molecule has 0 aromatic heterocycles. The maximum atomic E-state index is 11.0. The number of hydrogen-bond acceptors (Lipinski definition) is 6. The number of aliphatic hydroxyl groups is 2. The van der Waals surface area contributed by atoms with E-state index >= 15 is 0 Å². The molecule has 0 amide bonds. The lowest BCUT2D eigenvalue weighted by atomic mass is 10.1. The molecule has 0 aromatic rings. The molecule has 8 N–H and O–H groups in total. The number of rotatable bonds is 9. The SMILES string of the molecule is NCCC(CC(O)O)N(CP(=O)(O)O)CP(=O)(O)O. The van der Waals surface area contributed by atoms with Crippen LogP contribution in [-0.4, -0.2) is 66.1 Å². The van der Waals surface area contributed by atoms with Gasteiger partial charge in [-0.1, -0.05) is 0 Å². The van der Waals surface area contributed by atoms with Gasteiger partial charge < -0.3 is 35.5 Å². The van der Waals surface area contributed by atoms with Crippen molar-refractivity contribution in [2.45, 2.75) is 25.2 Å². The second kappa shape index (κ2) is 7.80. The van der Waals surface area contributed by atoms with Crippen molar-refractivity contribution < 1.29 is 38.9 Å². The summed E-state index contributed by atoms with van der Waals surface area (Å²) < 4.78 is 21.9. The van der Waals surface area contributed by atoms with Crippen LogP contribution in [-0.2, 0) is 9.13 Å². The molecule has 1 unspecified atom stereocenters. The first-order chi connectivity index (χ1) is 8.44. The van der Waals surface area contributed by atoms with Crippen LogP contribution in [0.25, 0.3) is 0 Å². The van der Waals surface area contributed by atoms with Crippen LogP contribution in [0.4, 0.5) is 0 Å². The van der Waals surface area contributed by atoms with Crippen LogP contribution in [0.15, 0.2) is 0 Å². The van der Waals surface area contributed by atoms with Crippen molar-refractivity contribution in [1.29, 1.82) is 0 Å². The van der Waals surface area contributed by atoms with Gasteiger partial charge >= 0.3 is 15.2 Å². The Balaban J connectivity index is 5.03. The van der Waals surface area contributed by atoms with Crippen LogP contribution in [0, 0.1) is 0 Å². The molecule has 0 aromatic carbocycles. The Morgan fingerprint density at radius 3 is 1.68 bits per heavy atom. The van der Waals surface area contributed by atoms with Crippen molar-refractivity contribution in [3.8, 4) is 0 Å². The Bertz CT molecular complexity index is 329. The third kappa shape index (κ3) is 10.6. The van der Waals surface area contributed by atoms with Gasteiger partial charge in [0.2, 0.25) is 0 Å². The molecular weight excluding hydrogens is 302 g/mol. The molecule has 116 valence electrons. The summed E-state index contributed by atoms with van der Waals surface area (Å²) in [5.74, 6) is 0. The highest BCUT2D eigenvalue weighted by atomic mass is 31.2. The molecule has 1 atom stereocenters. The van der Waals surface area contributed by atoms with E-state index in [-0.39, 0.29) is 19.4 Å². The normalized spacial score (nSPS) is 15.2. The first-order valence-corrected chi connectivity index (χ1v) is 8.93. The van der Waals surface area contributed by atoms with Crippen LogP contribution in [0.3, 0.4) is 0 Å². The minimum atomic E-state index is -4.55. The summed E-state index contributed by atoms with van der Waals surface area (Å²) in [6, 6.07) is -0.856. The first kappa shape index (κ1) is 19.1. The molecule has 0 saturated carbocycles. The zero-order valence-electron chi connectivity index (χ0n) is 10.1. The summed E-state index contributed by atoms with van der Waals surface area (Å²) in [5, 5.41) is 17.8. The van der Waals surface area contributed by atoms with E-state index in [1.54, 1.807) is 0 Å². The first-order valence-electron chi connectivity index (χ1n) is 5.34. The van der Waals surface area contributed by atoms with E-state index in [1.165, 1.54) is 0 Å². The molecule has 19 heavy (non-hydrogen) atoms. The topological polar surface area (TPSA) is 185 Å². The van der Waals surface area contributed by atoms with Crippen LogP contribution >= 0.6 is 15.2 Å². The number of nitrogens with two attached hydrogens (primary N) is 1. The lowest BCUT2D eigenvalue weighted by Crippen LogP contribution is -2.40. The predicted octanol–water partition coefficient (Wildman–Crippen LogP) is -2.02. The lowest BCUT2D eigenvalue weighted by molar-refractivity contribution is -0.0609. The Morgan fingerprint density at radius 1 is 1.00 bits per heavy atom. The fraction of sp³-hybridized carbons (Fsp3) is 1.00. The van der Waals surface area contributed by atoms with Crippen molar-refractivity contribution in [3.05, 3.63) is 0 Å². The van der Waals surface area contributed by atoms with Crippen LogP contribution in [0.1, 0.15) is 12.8 Å². The molecule has 0 saturated heterocycles. The second-order valence-electron chi connectivity index (χ2n) is 4.15. The summed E-state index contributed by atoms with van der Waals surface area (Å²) in [6.07, 6.45) is -3.77. The smallest absolute Gasteiger partial charge is 0.339 e. The number of nitrogens with zero attached hydrogens (tertiary/aromatic N) is 1. The molecule has 0 spiro atoms. The highest BCUT2D eigenvalue weighted by Crippen LogP contribution is 2.42. The summed E-state index contributed by atoms with van der Waals surface area (Å²) in [7, 11) is -9.10. The maximum Gasteiger partial charge on any atom is 0.339 e. The van der Waals surface area contributed by atoms with E-state index in [9.17, 15) is 9.13 Å². The molecule has 0 radical (unpaired) electrons. The fourth-order valence-corrected chi connectivity index (χ4v) is 3.40. The van der Waals surface area contributed by atoms with Crippen LogP contribution in [0.2, 0.25) is 0 Å². The van der Waals surface area contributed by atoms with Crippen molar-refractivity contribution >= 4 is 15.2 Å². The zero-order chi connectivity index (χ0) is 15.3. The van der Waals surface area contributed by atoms with Gasteiger partial charge in [-0.25, -0.2) is 0 Å². The molecular formula is C7H20N2O8P2. The minimum absolute atomic E-state index is 0.0657. The molecule has 0 aliphatic heterocycles. The van der Waals surface area contributed by atoms with E-state index < -0.39 is 40.1 Å². The van der Waals surface area contributed by atoms with E-state index in [2.05, 4.69) is 0 Å². The quantitative estimate of drug-likeness (QED) is 0.184. The molecule has 0 fully saturated rings. The van der Waals surface area contributed by atoms with E-state index in [0.29, 0.717) is 0 Å². The third-order valence-electron chi connectivity index (χ3n) is 2.23. The molecule has 10 nitrogen and oxygen atoms in total. The summed E-state index contributed by atoms with van der Waals surface area (Å²) in [4.78, 5) is 36.4. The van der Waals surface area contributed by atoms with E-state index in [4.69, 9.17) is 35.5 Å². The standard InChI is InChI=1S/C7H20N2O8P2/c8-2-1-6(3-7(10)11)9(4-18(12,13)14)5-19(15,16)17/h6-7,10-11H,1-5,8H2,(H2,12,13,14)(H2,15,16,17). The van der Waals surface area contributed by atoms with Crippen LogP contribution < -0.4 is 5.73 Å². The summed E-state index contributed by atoms with van der Waals surface area (Å²) in [6.45, 7) is 0.0657. The maximum absolute atomic E-state index is 11.0. The average molecular weight is 322 g/mol. The Kier molecular flexibility index (Phi) is 7.86. The molecule has 0 aliphatic rings. The third-order valence-corrected chi connectivity index (χ3v) is 3.69. The van der Waals surface area contributed by atoms with E-state index in [1.807, 2.05) is 0 Å². The highest BCUT2D eigenvalue weighted by Gasteiger charge is 2.31. The van der Waals surface area contributed by atoms with Gasteiger partial charge in [-0.05, 0) is 13.0 Å². The minimum Gasteiger partial charge on any atom is -0.368 e. The Morgan fingerprint density at radius 2 is 1.42 bits per heavy atom. The molecule has 0 rings (SSSR count). The van der Waals surface area contributed by atoms with Gasteiger partial charge in [0, 0.05) is 12.5 Å². The predicted molar refractivity (Wildman–Crippen MR) is 66.0 cm³/mol.